The summed E-state index contributed by atoms with van der Waals surface area (Å²) < 4.78 is 12.6. The van der Waals surface area contributed by atoms with Crippen LogP contribution in [0, 0.1) is 17.1 Å². The third-order valence-corrected chi connectivity index (χ3v) is 6.05. The molecule has 40 heavy (non-hydrogen) atoms. The van der Waals surface area contributed by atoms with Crippen molar-refractivity contribution in [2.45, 2.75) is 26.7 Å². The first-order valence-electron chi connectivity index (χ1n) is 12.8. The Bertz CT molecular complexity index is 1520. The highest BCUT2D eigenvalue weighted by Gasteiger charge is 2.21. The van der Waals surface area contributed by atoms with Gasteiger partial charge >= 0.3 is 0 Å². The molecule has 3 aromatic carbocycles. The van der Waals surface area contributed by atoms with Crippen LogP contribution in [-0.2, 0) is 17.6 Å². The summed E-state index contributed by atoms with van der Waals surface area (Å²) in [7, 11) is 2.00. The largest absolute Gasteiger partial charge is 0.373 e. The van der Waals surface area contributed by atoms with Gasteiger partial charge in [-0.3, -0.25) is 4.79 Å². The molecule has 5 rings (SSSR count). The summed E-state index contributed by atoms with van der Waals surface area (Å²) in [4.78, 5) is 32.1. The molecule has 0 aliphatic carbocycles. The van der Waals surface area contributed by atoms with Crippen LogP contribution in [0.25, 0.3) is 11.3 Å². The van der Waals surface area contributed by atoms with Crippen molar-refractivity contribution in [1.29, 1.82) is 5.26 Å². The second kappa shape index (κ2) is 14.2. The Morgan fingerprint density at radius 1 is 1.15 bits per heavy atom. The maximum Gasteiger partial charge on any atom is 0.248 e. The van der Waals surface area contributed by atoms with Crippen LogP contribution >= 0.6 is 0 Å². The molecule has 0 fully saturated rings. The second-order valence-corrected chi connectivity index (χ2v) is 8.61. The smallest absolute Gasteiger partial charge is 0.248 e. The van der Waals surface area contributed by atoms with Crippen molar-refractivity contribution in [2.75, 3.05) is 23.8 Å². The Kier molecular flexibility index (Phi) is 10.4. The first-order chi connectivity index (χ1) is 19.4. The molecule has 3 N–H and O–H groups in total. The van der Waals surface area contributed by atoms with Crippen LogP contribution < -0.4 is 16.0 Å². The van der Waals surface area contributed by atoms with Crippen LogP contribution in [0.15, 0.2) is 72.9 Å². The number of carbonyl (C=O) groups is 2. The molecule has 1 aromatic heterocycles. The van der Waals surface area contributed by atoms with Gasteiger partial charge in [0, 0.05) is 43.0 Å². The number of nitrogens with two attached hydrogens (primary N) is 1. The molecule has 0 saturated carbocycles. The average molecular weight is 539 g/mol. The van der Waals surface area contributed by atoms with Gasteiger partial charge in [0.25, 0.3) is 0 Å². The lowest BCUT2D eigenvalue weighted by atomic mass is 10.0. The van der Waals surface area contributed by atoms with E-state index in [0.717, 1.165) is 41.2 Å². The van der Waals surface area contributed by atoms with E-state index >= 15 is 0 Å². The number of aldehydes is 1. The van der Waals surface area contributed by atoms with Crippen LogP contribution in [0.2, 0.25) is 0 Å². The summed E-state index contributed by atoms with van der Waals surface area (Å²) in [6.07, 6.45) is 3.44. The monoisotopic (exact) mass is 538 g/mol. The number of halogens is 1. The lowest BCUT2D eigenvalue weighted by Crippen LogP contribution is -2.13. The number of nitriles is 1. The lowest BCUT2D eigenvalue weighted by Gasteiger charge is -2.14. The van der Waals surface area contributed by atoms with E-state index in [4.69, 9.17) is 5.73 Å². The second-order valence-electron chi connectivity index (χ2n) is 8.61. The lowest BCUT2D eigenvalue weighted by molar-refractivity contribution is -0.107. The van der Waals surface area contributed by atoms with Gasteiger partial charge in [-0.15, -0.1) is 0 Å². The summed E-state index contributed by atoms with van der Waals surface area (Å²) in [6.45, 7) is 4.91. The molecule has 0 atom stereocenters. The summed E-state index contributed by atoms with van der Waals surface area (Å²) in [5.41, 5.74) is 11.3. The van der Waals surface area contributed by atoms with Gasteiger partial charge in [0.1, 0.15) is 18.2 Å². The van der Waals surface area contributed by atoms with E-state index in [1.54, 1.807) is 48.7 Å². The van der Waals surface area contributed by atoms with E-state index < -0.39 is 5.91 Å². The Hall–Kier alpha value is -5.10. The highest BCUT2D eigenvalue weighted by Crippen LogP contribution is 2.34. The number of hydrogen-bond acceptors (Lipinski definition) is 7. The number of hydrogen-bond donors (Lipinski definition) is 2. The number of amides is 1. The van der Waals surface area contributed by atoms with Crippen LogP contribution in [0.4, 0.5) is 21.7 Å². The number of nitrogens with zero attached hydrogens (tertiary/aromatic N) is 4. The van der Waals surface area contributed by atoms with Crippen LogP contribution in [0.3, 0.4) is 0 Å². The Labute approximate surface area is 233 Å². The predicted molar refractivity (Wildman–Crippen MR) is 155 cm³/mol. The van der Waals surface area contributed by atoms with Crippen molar-refractivity contribution >= 4 is 29.5 Å². The third kappa shape index (κ3) is 7.26. The standard InChI is InChI=1S/C21H18N6O.C8H7FO.C2H6/c1-27-9-7-14-10-15(11-16(12-22)19(14)27)18-6-8-24-21(26-18)25-17-4-2-13(3-5-17)20(23)28;9-8-4-2-1-3-7(8)5-6-10;1-2/h2-6,8,10-11H,7,9H2,1H3,(H2,23,28)(H,24,25,26);1-4,6H,5H2;1-2H3. The fourth-order valence-corrected chi connectivity index (χ4v) is 4.15. The number of anilines is 3. The quantitative estimate of drug-likeness (QED) is 0.313. The van der Waals surface area contributed by atoms with Gasteiger partial charge in [0.15, 0.2) is 0 Å². The highest BCUT2D eigenvalue weighted by atomic mass is 19.1. The molecular formula is C31H31FN6O2. The van der Waals surface area contributed by atoms with Gasteiger partial charge in [-0.2, -0.15) is 5.26 Å². The molecular weight excluding hydrogens is 507 g/mol. The fourth-order valence-electron chi connectivity index (χ4n) is 4.15. The molecule has 0 unspecified atom stereocenters. The Balaban J connectivity index is 0.000000309. The normalized spacial score (nSPS) is 11.1. The van der Waals surface area contributed by atoms with E-state index in [9.17, 15) is 19.2 Å². The minimum absolute atomic E-state index is 0.159. The average Bonchev–Trinajstić information content (AvgIpc) is 3.36. The number of benzene rings is 3. The number of likely N-dealkylation sites (N-methyl/N-ethyl adjacent to an activating group) is 1. The van der Waals surface area contributed by atoms with E-state index in [-0.39, 0.29) is 12.2 Å². The van der Waals surface area contributed by atoms with Crippen molar-refractivity contribution in [3.8, 4) is 17.3 Å². The maximum atomic E-state index is 12.6. The van der Waals surface area contributed by atoms with Crippen LogP contribution in [0.5, 0.6) is 0 Å². The zero-order valence-electron chi connectivity index (χ0n) is 22.7. The van der Waals surface area contributed by atoms with Gasteiger partial charge < -0.3 is 20.7 Å². The third-order valence-electron chi connectivity index (χ3n) is 6.05. The van der Waals surface area contributed by atoms with Crippen molar-refractivity contribution in [3.05, 3.63) is 101 Å². The molecule has 0 saturated heterocycles. The number of nitrogens with one attached hydrogen (secondary N) is 1. The van der Waals surface area contributed by atoms with Crippen molar-refractivity contribution in [1.82, 2.24) is 9.97 Å². The number of carbonyl (C=O) groups excluding carboxylic acids is 2. The minimum atomic E-state index is -0.472. The summed E-state index contributed by atoms with van der Waals surface area (Å²) in [6, 6.07) is 21.1. The van der Waals surface area contributed by atoms with Gasteiger partial charge in [-0.05, 0) is 66.1 Å². The SMILES string of the molecule is CC.CN1CCc2cc(-c3ccnc(Nc4ccc(C(N)=O)cc4)n3)cc(C#N)c21.O=CCc1ccccc1F. The minimum Gasteiger partial charge on any atom is -0.373 e. The zero-order valence-corrected chi connectivity index (χ0v) is 22.7. The Morgan fingerprint density at radius 3 is 2.52 bits per heavy atom. The molecule has 0 bridgehead atoms. The molecule has 2 heterocycles. The molecule has 9 heteroatoms. The fraction of sp³-hybridized carbons (Fsp3) is 0.194. The topological polar surface area (TPSA) is 125 Å². The molecule has 1 aliphatic rings. The van der Waals surface area contributed by atoms with Gasteiger partial charge in [0.05, 0.1) is 16.9 Å². The van der Waals surface area contributed by atoms with Gasteiger partial charge in [-0.25, -0.2) is 14.4 Å². The van der Waals surface area contributed by atoms with Crippen molar-refractivity contribution in [3.63, 3.8) is 0 Å². The summed E-state index contributed by atoms with van der Waals surface area (Å²) >= 11 is 0. The summed E-state index contributed by atoms with van der Waals surface area (Å²) in [5, 5.41) is 12.7. The molecule has 1 amide bonds. The van der Waals surface area contributed by atoms with Crippen LogP contribution in [0.1, 0.15) is 40.9 Å². The van der Waals surface area contributed by atoms with Crippen molar-refractivity contribution in [2.24, 2.45) is 5.73 Å². The van der Waals surface area contributed by atoms with Crippen molar-refractivity contribution < 1.29 is 14.0 Å². The first kappa shape index (κ1) is 29.5. The maximum absolute atomic E-state index is 12.6. The van der Waals surface area contributed by atoms with E-state index in [0.29, 0.717) is 28.9 Å². The molecule has 1 aliphatic heterocycles. The summed E-state index contributed by atoms with van der Waals surface area (Å²) in [5.74, 6) is -0.351. The van der Waals surface area contributed by atoms with E-state index in [1.165, 1.54) is 6.07 Å². The predicted octanol–water partition coefficient (Wildman–Crippen LogP) is 5.44. The number of rotatable bonds is 6. The van der Waals surface area contributed by atoms with E-state index in [2.05, 4.69) is 32.3 Å². The van der Waals surface area contributed by atoms with Gasteiger partial charge in [0.2, 0.25) is 11.9 Å². The van der Waals surface area contributed by atoms with Gasteiger partial charge in [-0.1, -0.05) is 32.0 Å². The molecule has 0 radical (unpaired) electrons. The zero-order chi connectivity index (χ0) is 29.1. The highest BCUT2D eigenvalue weighted by molar-refractivity contribution is 5.93. The van der Waals surface area contributed by atoms with E-state index in [1.807, 2.05) is 33.0 Å². The number of primary amides is 1. The molecule has 204 valence electrons. The number of aromatic nitrogens is 2. The molecule has 0 spiro atoms. The van der Waals surface area contributed by atoms with Crippen LogP contribution in [-0.4, -0.2) is 35.8 Å². The molecule has 4 aromatic rings. The molecule has 8 nitrogen and oxygen atoms in total. The Morgan fingerprint density at radius 2 is 1.88 bits per heavy atom. The number of fused-ring (bicyclic) bond motifs is 1. The first-order valence-corrected chi connectivity index (χ1v) is 12.8.